The highest BCUT2D eigenvalue weighted by Crippen LogP contribution is 2.42. The largest absolute Gasteiger partial charge is 0.481 e. The molecule has 0 radical (unpaired) electrons. The zero-order chi connectivity index (χ0) is 21.2. The molecule has 8 heteroatoms. The van der Waals surface area contributed by atoms with Gasteiger partial charge in [0.2, 0.25) is 0 Å². The number of carbonyl (C=O) groups excluding carboxylic acids is 1. The van der Waals surface area contributed by atoms with E-state index in [0.717, 1.165) is 37.7 Å². The van der Waals surface area contributed by atoms with Gasteiger partial charge >= 0.3 is 5.97 Å². The number of aromatic nitrogens is 2. The average Bonchev–Trinajstić information content (AvgIpc) is 2.67. The molecule has 0 unspecified atom stereocenters. The van der Waals surface area contributed by atoms with E-state index in [2.05, 4.69) is 9.97 Å². The van der Waals surface area contributed by atoms with Crippen molar-refractivity contribution in [3.63, 3.8) is 0 Å². The predicted molar refractivity (Wildman–Crippen MR) is 103 cm³/mol. The van der Waals surface area contributed by atoms with E-state index in [-0.39, 0.29) is 12.1 Å². The van der Waals surface area contributed by atoms with Crippen molar-refractivity contribution in [2.24, 2.45) is 5.73 Å². The van der Waals surface area contributed by atoms with Crippen LogP contribution in [0.5, 0.6) is 0 Å². The molecule has 0 atom stereocenters. The van der Waals surface area contributed by atoms with Gasteiger partial charge in [-0.1, -0.05) is 43.5 Å². The lowest BCUT2D eigenvalue weighted by atomic mass is 9.67. The minimum absolute atomic E-state index is 0.0695. The minimum atomic E-state index is -2.96. The Bertz CT molecular complexity index is 924. The number of aryl methyl sites for hydroxylation is 1. The van der Waals surface area contributed by atoms with Gasteiger partial charge in [-0.25, -0.2) is 18.7 Å². The van der Waals surface area contributed by atoms with Crippen LogP contribution in [0.1, 0.15) is 72.4 Å². The molecule has 1 heterocycles. The molecule has 3 rings (SSSR count). The lowest BCUT2D eigenvalue weighted by Gasteiger charge is -2.36. The summed E-state index contributed by atoms with van der Waals surface area (Å²) in [7, 11) is 0. The second-order valence-electron chi connectivity index (χ2n) is 7.55. The number of aliphatic carboxylic acids is 1. The second-order valence-corrected chi connectivity index (χ2v) is 7.55. The number of rotatable bonds is 6. The Hall–Kier alpha value is -2.90. The number of carboxylic acids is 1. The maximum atomic E-state index is 13.1. The lowest BCUT2D eigenvalue weighted by molar-refractivity contribution is -0.138. The first-order valence-electron chi connectivity index (χ1n) is 9.53. The van der Waals surface area contributed by atoms with Gasteiger partial charge < -0.3 is 10.8 Å². The molecule has 29 heavy (non-hydrogen) atoms. The summed E-state index contributed by atoms with van der Waals surface area (Å²) >= 11 is 0. The van der Waals surface area contributed by atoms with Crippen molar-refractivity contribution in [2.45, 2.75) is 57.3 Å². The third-order valence-electron chi connectivity index (χ3n) is 5.61. The zero-order valence-electron chi connectivity index (χ0n) is 16.1. The molecule has 0 spiro atoms. The Morgan fingerprint density at radius 2 is 1.76 bits per heavy atom. The molecule has 1 fully saturated rings. The molecule has 0 saturated heterocycles. The number of carboxylic acid groups (broad SMARTS) is 1. The number of halogens is 2. The summed E-state index contributed by atoms with van der Waals surface area (Å²) in [6.07, 6.45) is 1.80. The highest BCUT2D eigenvalue weighted by atomic mass is 19.3. The molecule has 1 aromatic heterocycles. The van der Waals surface area contributed by atoms with E-state index in [4.69, 9.17) is 5.73 Å². The fraction of sp³-hybridized carbons (Fsp3) is 0.429. The van der Waals surface area contributed by atoms with Crippen LogP contribution in [0.15, 0.2) is 24.3 Å². The maximum Gasteiger partial charge on any atom is 0.304 e. The van der Waals surface area contributed by atoms with E-state index in [1.165, 1.54) is 0 Å². The number of nitrogens with two attached hydrogens (primary N) is 1. The Morgan fingerprint density at radius 3 is 2.28 bits per heavy atom. The SMILES string of the molecule is Cc1nc(C(F)F)c(C(N)=O)nc1-c1ccc(C2(CC(=O)O)CCCCC2)cc1. The van der Waals surface area contributed by atoms with E-state index in [9.17, 15) is 23.5 Å². The number of amides is 1. The summed E-state index contributed by atoms with van der Waals surface area (Å²) in [5.74, 6) is -1.89. The monoisotopic (exact) mass is 403 g/mol. The maximum absolute atomic E-state index is 13.1. The van der Waals surface area contributed by atoms with E-state index in [1.54, 1.807) is 19.1 Å². The zero-order valence-corrected chi connectivity index (χ0v) is 16.1. The molecule has 0 bridgehead atoms. The van der Waals surface area contributed by atoms with Gasteiger partial charge in [-0.2, -0.15) is 0 Å². The Kier molecular flexibility index (Phi) is 5.91. The summed E-state index contributed by atoms with van der Waals surface area (Å²) in [5.41, 5.74) is 5.63. The lowest BCUT2D eigenvalue weighted by Crippen LogP contribution is -2.31. The third-order valence-corrected chi connectivity index (χ3v) is 5.61. The summed E-state index contributed by atoms with van der Waals surface area (Å²) in [6, 6.07) is 7.24. The van der Waals surface area contributed by atoms with Crippen LogP contribution in [0.25, 0.3) is 11.3 Å². The van der Waals surface area contributed by atoms with Crippen LogP contribution in [0.3, 0.4) is 0 Å². The van der Waals surface area contributed by atoms with Crippen LogP contribution in [0.4, 0.5) is 8.78 Å². The van der Waals surface area contributed by atoms with Gasteiger partial charge in [0.15, 0.2) is 5.69 Å². The van der Waals surface area contributed by atoms with E-state index in [0.29, 0.717) is 11.3 Å². The number of hydrogen-bond acceptors (Lipinski definition) is 4. The van der Waals surface area contributed by atoms with Crippen molar-refractivity contribution in [1.82, 2.24) is 9.97 Å². The molecular weight excluding hydrogens is 380 g/mol. The van der Waals surface area contributed by atoms with E-state index >= 15 is 0 Å². The minimum Gasteiger partial charge on any atom is -0.481 e. The van der Waals surface area contributed by atoms with Gasteiger partial charge in [0, 0.05) is 11.0 Å². The Labute approximate surface area is 167 Å². The average molecular weight is 403 g/mol. The highest BCUT2D eigenvalue weighted by molar-refractivity contribution is 5.92. The molecule has 3 N–H and O–H groups in total. The molecule has 6 nitrogen and oxygen atoms in total. The first kappa shape index (κ1) is 20.8. The highest BCUT2D eigenvalue weighted by Gasteiger charge is 2.36. The standard InChI is InChI=1S/C21H23F2N3O3/c1-12-16(26-18(20(24)29)17(25-12)19(22)23)13-5-7-14(8-6-13)21(11-15(27)28)9-3-2-4-10-21/h5-8,19H,2-4,9-11H2,1H3,(H2,24,29)(H,27,28). The van der Waals surface area contributed by atoms with Gasteiger partial charge in [-0.3, -0.25) is 9.59 Å². The van der Waals surface area contributed by atoms with Gasteiger partial charge in [0.25, 0.3) is 12.3 Å². The van der Waals surface area contributed by atoms with E-state index in [1.807, 2.05) is 12.1 Å². The molecule has 0 aliphatic heterocycles. The van der Waals surface area contributed by atoms with Crippen LogP contribution >= 0.6 is 0 Å². The molecule has 1 amide bonds. The third kappa shape index (κ3) is 4.26. The van der Waals surface area contributed by atoms with Gasteiger partial charge in [-0.05, 0) is 25.3 Å². The molecule has 2 aromatic rings. The molecule has 154 valence electrons. The van der Waals surface area contributed by atoms with Crippen LogP contribution in [-0.2, 0) is 10.2 Å². The summed E-state index contributed by atoms with van der Waals surface area (Å²) in [6.45, 7) is 1.54. The van der Waals surface area contributed by atoms with Crippen molar-refractivity contribution >= 4 is 11.9 Å². The number of primary amides is 1. The van der Waals surface area contributed by atoms with Crippen molar-refractivity contribution in [1.29, 1.82) is 0 Å². The van der Waals surface area contributed by atoms with Crippen LogP contribution in [0.2, 0.25) is 0 Å². The van der Waals surface area contributed by atoms with Crippen molar-refractivity contribution in [3.8, 4) is 11.3 Å². The van der Waals surface area contributed by atoms with Crippen LogP contribution in [-0.4, -0.2) is 27.0 Å². The Balaban J connectivity index is 2.01. The summed E-state index contributed by atoms with van der Waals surface area (Å²) in [4.78, 5) is 30.9. The van der Waals surface area contributed by atoms with Crippen LogP contribution in [0, 0.1) is 6.92 Å². The topological polar surface area (TPSA) is 106 Å². The number of benzene rings is 1. The molecule has 1 aromatic carbocycles. The fourth-order valence-electron chi connectivity index (χ4n) is 4.21. The summed E-state index contributed by atoms with van der Waals surface area (Å²) < 4.78 is 26.3. The van der Waals surface area contributed by atoms with Gasteiger partial charge in [0.05, 0.1) is 17.8 Å². The second kappa shape index (κ2) is 8.23. The number of hydrogen-bond donors (Lipinski definition) is 2. The number of carbonyl (C=O) groups is 2. The first-order valence-corrected chi connectivity index (χ1v) is 9.53. The molecule has 1 saturated carbocycles. The smallest absolute Gasteiger partial charge is 0.304 e. The van der Waals surface area contributed by atoms with Crippen molar-refractivity contribution in [3.05, 3.63) is 46.9 Å². The van der Waals surface area contributed by atoms with Crippen LogP contribution < -0.4 is 5.73 Å². The van der Waals surface area contributed by atoms with Crippen molar-refractivity contribution < 1.29 is 23.5 Å². The molecule has 1 aliphatic carbocycles. The normalized spacial score (nSPS) is 16.0. The summed E-state index contributed by atoms with van der Waals surface area (Å²) in [5, 5.41) is 9.39. The number of nitrogens with zero attached hydrogens (tertiary/aromatic N) is 2. The Morgan fingerprint density at radius 1 is 1.14 bits per heavy atom. The predicted octanol–water partition coefficient (Wildman–Crippen LogP) is 4.17. The fourth-order valence-corrected chi connectivity index (χ4v) is 4.21. The van der Waals surface area contributed by atoms with Gasteiger partial charge in [-0.15, -0.1) is 0 Å². The quantitative estimate of drug-likeness (QED) is 0.753. The molecule has 1 aliphatic rings. The number of alkyl halides is 2. The van der Waals surface area contributed by atoms with Crippen molar-refractivity contribution in [2.75, 3.05) is 0 Å². The van der Waals surface area contributed by atoms with Gasteiger partial charge in [0.1, 0.15) is 5.69 Å². The first-order chi connectivity index (χ1) is 13.7. The molecular formula is C21H23F2N3O3. The van der Waals surface area contributed by atoms with E-state index < -0.39 is 35.1 Å².